The summed E-state index contributed by atoms with van der Waals surface area (Å²) in [5, 5.41) is 23.2. The minimum Gasteiger partial charge on any atom is -0.478 e. The SMILES string of the molecule is CC12CC3(C)CC(OCCO)(C1)CC(c1cccnc1C1NCCc4cccc(C(=O)O)c41)(C2)C3. The van der Waals surface area contributed by atoms with Crippen LogP contribution in [0, 0.1) is 10.8 Å². The number of nitrogens with one attached hydrogen (secondary N) is 1. The van der Waals surface area contributed by atoms with Crippen LogP contribution in [0.5, 0.6) is 0 Å². The maximum Gasteiger partial charge on any atom is 0.336 e. The van der Waals surface area contributed by atoms with Gasteiger partial charge in [0.2, 0.25) is 0 Å². The number of ether oxygens (including phenoxy) is 1. The van der Waals surface area contributed by atoms with E-state index in [4.69, 9.17) is 9.72 Å². The number of aliphatic hydroxyl groups is 1. The first kappa shape index (κ1) is 23.1. The van der Waals surface area contributed by atoms with E-state index in [1.54, 1.807) is 6.07 Å². The van der Waals surface area contributed by atoms with Gasteiger partial charge in [-0.1, -0.05) is 32.0 Å². The standard InChI is InChI=1S/C29H36N2O4/c1-26-13-27(2)15-28(14-26,18-29(16-26,17-27)35-12-11-32)21-7-4-9-30-23(21)24-22-19(8-10-31-24)5-3-6-20(22)25(33)34/h3-7,9,24,31-32H,8,10-18H2,1-2H3,(H,33,34). The number of carboxylic acids is 1. The highest BCUT2D eigenvalue weighted by Crippen LogP contribution is 2.72. The van der Waals surface area contributed by atoms with Gasteiger partial charge in [0, 0.05) is 18.2 Å². The number of fused-ring (bicyclic) bond motifs is 1. The van der Waals surface area contributed by atoms with Crippen LogP contribution < -0.4 is 5.32 Å². The van der Waals surface area contributed by atoms with Gasteiger partial charge < -0.3 is 20.3 Å². The van der Waals surface area contributed by atoms with E-state index in [0.29, 0.717) is 12.2 Å². The molecule has 7 rings (SSSR count). The maximum absolute atomic E-state index is 12.2. The van der Waals surface area contributed by atoms with Crippen molar-refractivity contribution in [2.24, 2.45) is 10.8 Å². The smallest absolute Gasteiger partial charge is 0.336 e. The summed E-state index contributed by atoms with van der Waals surface area (Å²) in [6.45, 7) is 6.05. The van der Waals surface area contributed by atoms with Crippen molar-refractivity contribution in [3.05, 3.63) is 64.5 Å². The molecule has 6 nitrogen and oxygen atoms in total. The summed E-state index contributed by atoms with van der Waals surface area (Å²) in [5.41, 5.74) is 4.59. The van der Waals surface area contributed by atoms with Gasteiger partial charge in [-0.3, -0.25) is 4.98 Å². The van der Waals surface area contributed by atoms with Gasteiger partial charge in [-0.15, -0.1) is 0 Å². The maximum atomic E-state index is 12.2. The summed E-state index contributed by atoms with van der Waals surface area (Å²) >= 11 is 0. The number of carbonyl (C=O) groups is 1. The summed E-state index contributed by atoms with van der Waals surface area (Å²) in [7, 11) is 0. The lowest BCUT2D eigenvalue weighted by Crippen LogP contribution is -2.65. The van der Waals surface area contributed by atoms with Crippen molar-refractivity contribution in [1.29, 1.82) is 0 Å². The quantitative estimate of drug-likeness (QED) is 0.573. The Labute approximate surface area is 207 Å². The number of benzene rings is 1. The third-order valence-electron chi connectivity index (χ3n) is 9.18. The van der Waals surface area contributed by atoms with Crippen LogP contribution in [0.3, 0.4) is 0 Å². The van der Waals surface area contributed by atoms with Gasteiger partial charge in [0.05, 0.1) is 36.1 Å². The molecule has 3 N–H and O–H groups in total. The Balaban J connectivity index is 1.50. The van der Waals surface area contributed by atoms with Crippen LogP contribution in [-0.4, -0.2) is 46.5 Å². The summed E-state index contributed by atoms with van der Waals surface area (Å²) in [4.78, 5) is 17.2. The summed E-state index contributed by atoms with van der Waals surface area (Å²) in [6, 6.07) is 9.66. The fourth-order valence-electron chi connectivity index (χ4n) is 9.43. The minimum absolute atomic E-state index is 0.0427. The lowest BCUT2D eigenvalue weighted by atomic mass is 9.37. The van der Waals surface area contributed by atoms with Crippen LogP contribution in [0.25, 0.3) is 0 Å². The first-order valence-corrected chi connectivity index (χ1v) is 13.0. The van der Waals surface area contributed by atoms with E-state index >= 15 is 0 Å². The second-order valence-electron chi connectivity index (χ2n) is 12.5. The van der Waals surface area contributed by atoms with E-state index in [9.17, 15) is 15.0 Å². The first-order valence-electron chi connectivity index (χ1n) is 13.0. The molecule has 0 amide bonds. The first-order chi connectivity index (χ1) is 16.7. The molecule has 0 spiro atoms. The molecule has 3 unspecified atom stereocenters. The Morgan fingerprint density at radius 2 is 1.86 bits per heavy atom. The average Bonchev–Trinajstić information content (AvgIpc) is 2.79. The molecular weight excluding hydrogens is 440 g/mol. The highest BCUT2D eigenvalue weighted by molar-refractivity contribution is 5.90. The van der Waals surface area contributed by atoms with Crippen LogP contribution >= 0.6 is 0 Å². The number of rotatable bonds is 6. The van der Waals surface area contributed by atoms with Gasteiger partial charge >= 0.3 is 5.97 Å². The van der Waals surface area contributed by atoms with E-state index < -0.39 is 5.97 Å². The average molecular weight is 477 g/mol. The Bertz CT molecular complexity index is 1160. The zero-order chi connectivity index (χ0) is 24.5. The number of aromatic nitrogens is 1. The molecule has 5 aliphatic rings. The summed E-state index contributed by atoms with van der Waals surface area (Å²) in [5.74, 6) is -0.890. The Morgan fingerprint density at radius 1 is 1.09 bits per heavy atom. The molecule has 2 aromatic rings. The number of carboxylic acid groups (broad SMARTS) is 1. The highest BCUT2D eigenvalue weighted by atomic mass is 16.5. The van der Waals surface area contributed by atoms with Crippen LogP contribution in [0.4, 0.5) is 0 Å². The normalized spacial score (nSPS) is 37.3. The highest BCUT2D eigenvalue weighted by Gasteiger charge is 2.67. The van der Waals surface area contributed by atoms with Gasteiger partial charge in [0.25, 0.3) is 0 Å². The van der Waals surface area contributed by atoms with Crippen molar-refractivity contribution < 1.29 is 19.7 Å². The van der Waals surface area contributed by atoms with Crippen molar-refractivity contribution in [2.75, 3.05) is 19.8 Å². The third kappa shape index (κ3) is 3.64. The molecule has 1 aromatic heterocycles. The molecule has 0 radical (unpaired) electrons. The molecule has 6 heteroatoms. The predicted octanol–water partition coefficient (Wildman–Crippen LogP) is 4.39. The molecule has 186 valence electrons. The van der Waals surface area contributed by atoms with Crippen LogP contribution in [0.2, 0.25) is 0 Å². The molecule has 3 atom stereocenters. The lowest BCUT2D eigenvalue weighted by molar-refractivity contribution is -0.226. The lowest BCUT2D eigenvalue weighted by Gasteiger charge is -2.69. The second kappa shape index (κ2) is 7.86. The Kier molecular flexibility index (Phi) is 5.20. The van der Waals surface area contributed by atoms with Crippen molar-refractivity contribution in [2.45, 2.75) is 75.9 Å². The fraction of sp³-hybridized carbons (Fsp3) is 0.586. The zero-order valence-electron chi connectivity index (χ0n) is 20.8. The van der Waals surface area contributed by atoms with Gasteiger partial charge in [0.15, 0.2) is 0 Å². The summed E-state index contributed by atoms with van der Waals surface area (Å²) < 4.78 is 6.50. The Hall–Kier alpha value is -2.28. The zero-order valence-corrected chi connectivity index (χ0v) is 20.8. The van der Waals surface area contributed by atoms with E-state index in [1.807, 2.05) is 18.3 Å². The van der Waals surface area contributed by atoms with Gasteiger partial charge in [-0.2, -0.15) is 0 Å². The van der Waals surface area contributed by atoms with E-state index in [1.165, 1.54) is 12.0 Å². The second-order valence-corrected chi connectivity index (χ2v) is 12.5. The van der Waals surface area contributed by atoms with Crippen molar-refractivity contribution >= 4 is 5.97 Å². The molecule has 1 aliphatic heterocycles. The molecule has 4 saturated carbocycles. The van der Waals surface area contributed by atoms with E-state index in [-0.39, 0.29) is 34.5 Å². The molecule has 1 aromatic carbocycles. The predicted molar refractivity (Wildman–Crippen MR) is 133 cm³/mol. The van der Waals surface area contributed by atoms with Gasteiger partial charge in [-0.25, -0.2) is 4.79 Å². The molecule has 4 fully saturated rings. The topological polar surface area (TPSA) is 91.7 Å². The van der Waals surface area contributed by atoms with Crippen LogP contribution in [0.15, 0.2) is 36.5 Å². The third-order valence-corrected chi connectivity index (χ3v) is 9.18. The monoisotopic (exact) mass is 476 g/mol. The molecule has 4 bridgehead atoms. The van der Waals surface area contributed by atoms with Gasteiger partial charge in [-0.05, 0) is 84.6 Å². The van der Waals surface area contributed by atoms with Crippen LogP contribution in [0.1, 0.15) is 91.2 Å². The Morgan fingerprint density at radius 3 is 2.57 bits per heavy atom. The fourth-order valence-corrected chi connectivity index (χ4v) is 9.43. The molecular formula is C29H36N2O4. The largest absolute Gasteiger partial charge is 0.478 e. The molecule has 0 saturated heterocycles. The number of nitrogens with zero attached hydrogens (tertiary/aromatic N) is 1. The van der Waals surface area contributed by atoms with E-state index in [2.05, 4.69) is 31.3 Å². The van der Waals surface area contributed by atoms with Crippen molar-refractivity contribution in [3.8, 4) is 0 Å². The van der Waals surface area contributed by atoms with Crippen LogP contribution in [-0.2, 0) is 16.6 Å². The number of aliphatic hydroxyl groups excluding tert-OH is 1. The van der Waals surface area contributed by atoms with Crippen molar-refractivity contribution in [1.82, 2.24) is 10.3 Å². The number of hydrogen-bond donors (Lipinski definition) is 3. The molecule has 35 heavy (non-hydrogen) atoms. The molecule has 4 aliphatic carbocycles. The molecule has 2 heterocycles. The summed E-state index contributed by atoms with van der Waals surface area (Å²) in [6.07, 6.45) is 9.08. The number of hydrogen-bond acceptors (Lipinski definition) is 5. The van der Waals surface area contributed by atoms with Gasteiger partial charge in [0.1, 0.15) is 0 Å². The minimum atomic E-state index is -0.890. The van der Waals surface area contributed by atoms with E-state index in [0.717, 1.165) is 61.9 Å². The number of pyridine rings is 1. The number of aromatic carboxylic acids is 1. The van der Waals surface area contributed by atoms with Crippen molar-refractivity contribution in [3.63, 3.8) is 0 Å².